The highest BCUT2D eigenvalue weighted by Gasteiger charge is 2.22. The van der Waals surface area contributed by atoms with E-state index in [-0.39, 0.29) is 11.1 Å². The van der Waals surface area contributed by atoms with Crippen molar-refractivity contribution in [3.63, 3.8) is 0 Å². The zero-order chi connectivity index (χ0) is 15.7. The lowest BCUT2D eigenvalue weighted by Gasteiger charge is -2.15. The molecule has 0 bridgehead atoms. The molecule has 0 aromatic carbocycles. The van der Waals surface area contributed by atoms with Crippen LogP contribution in [-0.4, -0.2) is 64.4 Å². The first kappa shape index (κ1) is 17.9. The highest BCUT2D eigenvalue weighted by Crippen LogP contribution is 2.12. The second kappa shape index (κ2) is 8.94. The predicted molar refractivity (Wildman–Crippen MR) is 73.8 cm³/mol. The van der Waals surface area contributed by atoms with Gasteiger partial charge in [0, 0.05) is 40.6 Å². The van der Waals surface area contributed by atoms with E-state index < -0.39 is 11.9 Å². The van der Waals surface area contributed by atoms with E-state index in [9.17, 15) is 9.59 Å². The average Bonchev–Trinajstić information content (AvgIpc) is 2.40. The summed E-state index contributed by atoms with van der Waals surface area (Å²) in [5, 5.41) is 3.22. The summed E-state index contributed by atoms with van der Waals surface area (Å²) in [6.07, 6.45) is 2.73. The van der Waals surface area contributed by atoms with E-state index in [1.54, 1.807) is 38.2 Å². The Morgan fingerprint density at radius 3 is 1.30 bits per heavy atom. The van der Waals surface area contributed by atoms with Crippen molar-refractivity contribution in [2.45, 2.75) is 0 Å². The molecule has 0 atom stereocenters. The van der Waals surface area contributed by atoms with Crippen LogP contribution < -0.4 is 10.9 Å². The Morgan fingerprint density at radius 2 is 1.10 bits per heavy atom. The summed E-state index contributed by atoms with van der Waals surface area (Å²) >= 11 is 0. The van der Waals surface area contributed by atoms with Gasteiger partial charge in [0.05, 0.1) is 25.4 Å². The van der Waals surface area contributed by atoms with Crippen LogP contribution in [0.4, 0.5) is 0 Å². The number of methoxy groups -OCH3 is 2. The Bertz CT molecular complexity index is 364. The molecule has 0 radical (unpaired) electrons. The van der Waals surface area contributed by atoms with Crippen molar-refractivity contribution in [1.29, 1.82) is 0 Å². The van der Waals surface area contributed by atoms with Crippen LogP contribution in [0.1, 0.15) is 0 Å². The second-order valence-electron chi connectivity index (χ2n) is 4.15. The fraction of sp³-hybridized carbons (Fsp3) is 0.500. The van der Waals surface area contributed by atoms with Gasteiger partial charge in [-0.3, -0.25) is 0 Å². The van der Waals surface area contributed by atoms with Gasteiger partial charge in [0.1, 0.15) is 0 Å². The Labute approximate surface area is 118 Å². The fourth-order valence-electron chi connectivity index (χ4n) is 1.10. The number of carbonyl (C=O) groups excluding carboxylic acids is 2. The van der Waals surface area contributed by atoms with Crippen molar-refractivity contribution in [2.24, 2.45) is 0 Å². The molecule has 0 saturated heterocycles. The molecule has 0 rings (SSSR count). The third-order valence-electron chi connectivity index (χ3n) is 2.03. The van der Waals surface area contributed by atoms with Gasteiger partial charge in [0.25, 0.3) is 0 Å². The van der Waals surface area contributed by atoms with Gasteiger partial charge in [-0.1, -0.05) is 0 Å². The summed E-state index contributed by atoms with van der Waals surface area (Å²) in [6.45, 7) is 0. The first-order valence-electron chi connectivity index (χ1n) is 5.77. The molecule has 0 unspecified atom stereocenters. The van der Waals surface area contributed by atoms with Crippen molar-refractivity contribution >= 4 is 11.9 Å². The van der Waals surface area contributed by atoms with Crippen LogP contribution in [0.25, 0.3) is 0 Å². The second-order valence-corrected chi connectivity index (χ2v) is 4.15. The standard InChI is InChI=1S/C12H22N4O4/c1-15(2)13-7-9(11(17)19-5)10(12(18)20-6)8-14-16(3)4/h7-8,13-14H,1-6H3/b9-7-,10-8-. The normalized spacial score (nSPS) is 12.4. The Morgan fingerprint density at radius 1 is 0.800 bits per heavy atom. The summed E-state index contributed by atoms with van der Waals surface area (Å²) < 4.78 is 9.34. The number of esters is 2. The molecule has 0 spiro atoms. The smallest absolute Gasteiger partial charge is 0.340 e. The van der Waals surface area contributed by atoms with Crippen molar-refractivity contribution in [1.82, 2.24) is 20.9 Å². The molecule has 0 fully saturated rings. The number of ether oxygens (including phenoxy) is 2. The minimum atomic E-state index is -0.656. The zero-order valence-electron chi connectivity index (χ0n) is 12.7. The molecule has 0 amide bonds. The molecule has 0 aromatic rings. The number of nitrogens with zero attached hydrogens (tertiary/aromatic N) is 2. The van der Waals surface area contributed by atoms with E-state index in [0.717, 1.165) is 0 Å². The summed E-state index contributed by atoms with van der Waals surface area (Å²) in [6, 6.07) is 0. The fourth-order valence-corrected chi connectivity index (χ4v) is 1.10. The van der Waals surface area contributed by atoms with Gasteiger partial charge in [0.2, 0.25) is 0 Å². The Hall–Kier alpha value is -2.06. The van der Waals surface area contributed by atoms with Crippen LogP contribution in [-0.2, 0) is 19.1 Å². The molecule has 0 saturated carbocycles. The van der Waals surface area contributed by atoms with Crippen molar-refractivity contribution in [3.05, 3.63) is 23.5 Å². The molecule has 0 aromatic heterocycles. The van der Waals surface area contributed by atoms with Gasteiger partial charge >= 0.3 is 11.9 Å². The van der Waals surface area contributed by atoms with E-state index in [1.807, 2.05) is 0 Å². The first-order valence-corrected chi connectivity index (χ1v) is 5.77. The van der Waals surface area contributed by atoms with Gasteiger partial charge in [-0.15, -0.1) is 0 Å². The van der Waals surface area contributed by atoms with Gasteiger partial charge in [-0.2, -0.15) is 0 Å². The van der Waals surface area contributed by atoms with E-state index in [1.165, 1.54) is 26.6 Å². The summed E-state index contributed by atoms with van der Waals surface area (Å²) in [5.74, 6) is -1.31. The maximum atomic E-state index is 11.8. The van der Waals surface area contributed by atoms with E-state index in [2.05, 4.69) is 20.3 Å². The quantitative estimate of drug-likeness (QED) is 0.273. The largest absolute Gasteiger partial charge is 0.465 e. The molecule has 2 N–H and O–H groups in total. The lowest BCUT2D eigenvalue weighted by atomic mass is 10.1. The van der Waals surface area contributed by atoms with Crippen LogP contribution in [0.15, 0.2) is 23.5 Å². The predicted octanol–water partition coefficient (Wildman–Crippen LogP) is -0.767. The van der Waals surface area contributed by atoms with E-state index in [0.29, 0.717) is 0 Å². The van der Waals surface area contributed by atoms with Crippen molar-refractivity contribution in [3.8, 4) is 0 Å². The summed E-state index contributed by atoms with van der Waals surface area (Å²) in [7, 11) is 9.44. The number of rotatable bonds is 7. The lowest BCUT2D eigenvalue weighted by Crippen LogP contribution is -2.29. The van der Waals surface area contributed by atoms with Crippen LogP contribution in [0.5, 0.6) is 0 Å². The van der Waals surface area contributed by atoms with Gasteiger partial charge in [-0.05, 0) is 0 Å². The summed E-state index contributed by atoms with van der Waals surface area (Å²) in [4.78, 5) is 23.6. The minimum absolute atomic E-state index is 0.0439. The van der Waals surface area contributed by atoms with Crippen LogP contribution in [0, 0.1) is 0 Å². The molecular weight excluding hydrogens is 264 g/mol. The molecule has 114 valence electrons. The third-order valence-corrected chi connectivity index (χ3v) is 2.03. The molecule has 0 aliphatic heterocycles. The minimum Gasteiger partial charge on any atom is -0.465 e. The average molecular weight is 286 g/mol. The van der Waals surface area contributed by atoms with Gasteiger partial charge in [-0.25, -0.2) is 19.6 Å². The monoisotopic (exact) mass is 286 g/mol. The van der Waals surface area contributed by atoms with E-state index in [4.69, 9.17) is 0 Å². The lowest BCUT2D eigenvalue weighted by molar-refractivity contribution is -0.139. The number of nitrogens with one attached hydrogen (secondary N) is 2. The van der Waals surface area contributed by atoms with Crippen molar-refractivity contribution in [2.75, 3.05) is 42.4 Å². The van der Waals surface area contributed by atoms with Gasteiger partial charge in [0.15, 0.2) is 0 Å². The molecule has 8 nitrogen and oxygen atoms in total. The summed E-state index contributed by atoms with van der Waals surface area (Å²) in [5.41, 5.74) is 5.66. The molecule has 8 heteroatoms. The molecular formula is C12H22N4O4. The topological polar surface area (TPSA) is 83.1 Å². The highest BCUT2D eigenvalue weighted by molar-refractivity contribution is 6.06. The highest BCUT2D eigenvalue weighted by atomic mass is 16.5. The SMILES string of the molecule is COC(=O)C(=C\NN(C)C)/C(=C/NN(C)C)C(=O)OC. The Kier molecular flexibility index (Phi) is 8.02. The Balaban J connectivity index is 5.51. The van der Waals surface area contributed by atoms with Crippen LogP contribution in [0.2, 0.25) is 0 Å². The number of hydrogen-bond donors (Lipinski definition) is 2. The number of hydrazine groups is 2. The molecule has 20 heavy (non-hydrogen) atoms. The van der Waals surface area contributed by atoms with E-state index >= 15 is 0 Å². The van der Waals surface area contributed by atoms with Gasteiger partial charge < -0.3 is 20.3 Å². The zero-order valence-corrected chi connectivity index (χ0v) is 12.7. The maximum Gasteiger partial charge on any atom is 0.340 e. The molecule has 0 heterocycles. The number of hydrogen-bond acceptors (Lipinski definition) is 8. The molecule has 0 aliphatic rings. The third kappa shape index (κ3) is 6.21. The van der Waals surface area contributed by atoms with Crippen LogP contribution in [0.3, 0.4) is 0 Å². The van der Waals surface area contributed by atoms with Crippen LogP contribution >= 0.6 is 0 Å². The number of carbonyl (C=O) groups is 2. The van der Waals surface area contributed by atoms with Crippen molar-refractivity contribution < 1.29 is 19.1 Å². The first-order chi connectivity index (χ1) is 9.33. The maximum absolute atomic E-state index is 11.8. The molecule has 0 aliphatic carbocycles.